The number of carbonyl (C=O) groups is 1. The second-order valence-corrected chi connectivity index (χ2v) is 4.15. The van der Waals surface area contributed by atoms with Crippen molar-refractivity contribution in [3.63, 3.8) is 0 Å². The van der Waals surface area contributed by atoms with Gasteiger partial charge in [-0.2, -0.15) is 0 Å². The second kappa shape index (κ2) is 5.20. The van der Waals surface area contributed by atoms with Crippen molar-refractivity contribution in [2.24, 2.45) is 0 Å². The summed E-state index contributed by atoms with van der Waals surface area (Å²) in [5.74, 6) is -0.805. The number of rotatable bonds is 3. The molecule has 2 N–H and O–H groups in total. The molecule has 2 rings (SSSR count). The van der Waals surface area contributed by atoms with Crippen molar-refractivity contribution in [1.29, 1.82) is 0 Å². The fourth-order valence-corrected chi connectivity index (χ4v) is 2.00. The number of aliphatic carboxylic acids is 1. The summed E-state index contributed by atoms with van der Waals surface area (Å²) in [6.07, 6.45) is 5.01. The van der Waals surface area contributed by atoms with Crippen LogP contribution in [0.1, 0.15) is 18.7 Å². The molecular formula is C11H16N4O2. The van der Waals surface area contributed by atoms with Crippen molar-refractivity contribution in [1.82, 2.24) is 20.2 Å². The van der Waals surface area contributed by atoms with Gasteiger partial charge in [0.1, 0.15) is 6.04 Å². The van der Waals surface area contributed by atoms with Crippen molar-refractivity contribution in [3.8, 4) is 0 Å². The molecule has 1 saturated heterocycles. The third-order valence-electron chi connectivity index (χ3n) is 3.06. The maximum Gasteiger partial charge on any atom is 0.322 e. The molecule has 17 heavy (non-hydrogen) atoms. The molecule has 0 saturated carbocycles. The number of piperazine rings is 1. The highest BCUT2D eigenvalue weighted by molar-refractivity contribution is 5.73. The van der Waals surface area contributed by atoms with Gasteiger partial charge in [0.25, 0.3) is 0 Å². The topological polar surface area (TPSA) is 78.4 Å². The Morgan fingerprint density at radius 2 is 2.47 bits per heavy atom. The molecule has 2 atom stereocenters. The average molecular weight is 236 g/mol. The Balaban J connectivity index is 2.05. The molecule has 1 fully saturated rings. The van der Waals surface area contributed by atoms with Crippen LogP contribution < -0.4 is 5.32 Å². The number of nitrogens with zero attached hydrogens (tertiary/aromatic N) is 3. The maximum atomic E-state index is 10.9. The molecule has 1 aromatic heterocycles. The summed E-state index contributed by atoms with van der Waals surface area (Å²) >= 11 is 0. The Kier molecular flexibility index (Phi) is 3.65. The fourth-order valence-electron chi connectivity index (χ4n) is 2.00. The van der Waals surface area contributed by atoms with Crippen LogP contribution >= 0.6 is 0 Å². The molecule has 0 radical (unpaired) electrons. The zero-order valence-corrected chi connectivity index (χ0v) is 9.71. The van der Waals surface area contributed by atoms with Crippen molar-refractivity contribution in [2.45, 2.75) is 19.0 Å². The van der Waals surface area contributed by atoms with Crippen LogP contribution in [-0.2, 0) is 4.79 Å². The van der Waals surface area contributed by atoms with E-state index >= 15 is 0 Å². The second-order valence-electron chi connectivity index (χ2n) is 4.15. The van der Waals surface area contributed by atoms with E-state index in [1.807, 2.05) is 6.92 Å². The first-order chi connectivity index (χ1) is 8.18. The van der Waals surface area contributed by atoms with E-state index < -0.39 is 12.0 Å². The number of aromatic nitrogens is 2. The summed E-state index contributed by atoms with van der Waals surface area (Å²) in [5.41, 5.74) is 0.874. The zero-order valence-electron chi connectivity index (χ0n) is 9.71. The van der Waals surface area contributed by atoms with Crippen LogP contribution in [0, 0.1) is 0 Å². The minimum absolute atomic E-state index is 0.0904. The summed E-state index contributed by atoms with van der Waals surface area (Å²) in [6, 6.07) is -0.407. The Bertz CT molecular complexity index is 384. The van der Waals surface area contributed by atoms with Crippen molar-refractivity contribution < 1.29 is 9.90 Å². The maximum absolute atomic E-state index is 10.9. The summed E-state index contributed by atoms with van der Waals surface area (Å²) < 4.78 is 0. The number of nitrogens with one attached hydrogen (secondary N) is 1. The van der Waals surface area contributed by atoms with Gasteiger partial charge < -0.3 is 10.4 Å². The Morgan fingerprint density at radius 1 is 1.65 bits per heavy atom. The standard InChI is InChI=1S/C11H16N4O2/c1-8(9-6-12-2-3-13-9)15-5-4-14-10(7-15)11(16)17/h2-3,6,8,10,14H,4-5,7H2,1H3,(H,16,17)/t8-,10+/m1/s1. The van der Waals surface area contributed by atoms with E-state index in [0.717, 1.165) is 12.2 Å². The molecule has 1 aromatic rings. The normalized spacial score (nSPS) is 23.2. The molecule has 1 aliphatic rings. The Morgan fingerprint density at radius 3 is 3.12 bits per heavy atom. The van der Waals surface area contributed by atoms with Gasteiger partial charge in [-0.15, -0.1) is 0 Å². The molecule has 2 heterocycles. The lowest BCUT2D eigenvalue weighted by Gasteiger charge is -2.35. The summed E-state index contributed by atoms with van der Waals surface area (Å²) in [7, 11) is 0. The Labute approximate surface area is 99.7 Å². The predicted molar refractivity (Wildman–Crippen MR) is 61.4 cm³/mol. The highest BCUT2D eigenvalue weighted by atomic mass is 16.4. The molecule has 0 aliphatic carbocycles. The smallest absolute Gasteiger partial charge is 0.322 e. The fraction of sp³-hybridized carbons (Fsp3) is 0.545. The molecular weight excluding hydrogens is 220 g/mol. The Hall–Kier alpha value is -1.53. The molecule has 0 aromatic carbocycles. The van der Waals surface area contributed by atoms with Gasteiger partial charge in [0, 0.05) is 38.2 Å². The van der Waals surface area contributed by atoms with Crippen LogP contribution in [0.15, 0.2) is 18.6 Å². The van der Waals surface area contributed by atoms with Crippen molar-refractivity contribution in [3.05, 3.63) is 24.3 Å². The van der Waals surface area contributed by atoms with Crippen LogP contribution in [0.5, 0.6) is 0 Å². The van der Waals surface area contributed by atoms with Gasteiger partial charge in [-0.25, -0.2) is 0 Å². The number of carboxylic acid groups (broad SMARTS) is 1. The summed E-state index contributed by atoms with van der Waals surface area (Å²) in [5, 5.41) is 12.0. The third-order valence-corrected chi connectivity index (χ3v) is 3.06. The van der Waals surface area contributed by atoms with Crippen LogP contribution in [0.25, 0.3) is 0 Å². The molecule has 0 spiro atoms. The van der Waals surface area contributed by atoms with E-state index in [-0.39, 0.29) is 6.04 Å². The predicted octanol–water partition coefficient (Wildman–Crippen LogP) is -0.104. The third kappa shape index (κ3) is 2.78. The van der Waals surface area contributed by atoms with Gasteiger partial charge in [-0.1, -0.05) is 0 Å². The molecule has 6 heteroatoms. The molecule has 0 unspecified atom stereocenters. The van der Waals surface area contributed by atoms with E-state index in [1.165, 1.54) is 0 Å². The van der Waals surface area contributed by atoms with Gasteiger partial charge >= 0.3 is 5.97 Å². The first-order valence-electron chi connectivity index (χ1n) is 5.64. The molecule has 0 bridgehead atoms. The highest BCUT2D eigenvalue weighted by Gasteiger charge is 2.28. The molecule has 92 valence electrons. The van der Waals surface area contributed by atoms with Gasteiger partial charge in [-0.05, 0) is 6.92 Å². The van der Waals surface area contributed by atoms with E-state index in [4.69, 9.17) is 5.11 Å². The molecule has 0 amide bonds. The number of hydrogen-bond acceptors (Lipinski definition) is 5. The first kappa shape index (κ1) is 11.9. The lowest BCUT2D eigenvalue weighted by atomic mass is 10.1. The molecule has 6 nitrogen and oxygen atoms in total. The largest absolute Gasteiger partial charge is 0.480 e. The highest BCUT2D eigenvalue weighted by Crippen LogP contribution is 2.18. The summed E-state index contributed by atoms with van der Waals surface area (Å²) in [4.78, 5) is 21.3. The van der Waals surface area contributed by atoms with Crippen molar-refractivity contribution in [2.75, 3.05) is 19.6 Å². The zero-order chi connectivity index (χ0) is 12.3. The average Bonchev–Trinajstić information content (AvgIpc) is 2.39. The van der Waals surface area contributed by atoms with E-state index in [9.17, 15) is 4.79 Å². The van der Waals surface area contributed by atoms with E-state index in [2.05, 4.69) is 20.2 Å². The van der Waals surface area contributed by atoms with E-state index in [1.54, 1.807) is 18.6 Å². The van der Waals surface area contributed by atoms with E-state index in [0.29, 0.717) is 13.1 Å². The minimum Gasteiger partial charge on any atom is -0.480 e. The quantitative estimate of drug-likeness (QED) is 0.763. The molecule has 1 aliphatic heterocycles. The lowest BCUT2D eigenvalue weighted by molar-refractivity contribution is -0.140. The van der Waals surface area contributed by atoms with Crippen LogP contribution in [0.2, 0.25) is 0 Å². The van der Waals surface area contributed by atoms with Gasteiger partial charge in [0.2, 0.25) is 0 Å². The number of hydrogen-bond donors (Lipinski definition) is 2. The monoisotopic (exact) mass is 236 g/mol. The van der Waals surface area contributed by atoms with Crippen LogP contribution in [0.3, 0.4) is 0 Å². The van der Waals surface area contributed by atoms with Crippen LogP contribution in [0.4, 0.5) is 0 Å². The van der Waals surface area contributed by atoms with Crippen LogP contribution in [-0.4, -0.2) is 51.6 Å². The summed E-state index contributed by atoms with van der Waals surface area (Å²) in [6.45, 7) is 4.02. The lowest BCUT2D eigenvalue weighted by Crippen LogP contribution is -2.54. The SMILES string of the molecule is C[C@H](c1cnccn1)N1CCN[C@H](C(=O)O)C1. The van der Waals surface area contributed by atoms with Gasteiger partial charge in [-0.3, -0.25) is 19.7 Å². The number of carboxylic acids is 1. The van der Waals surface area contributed by atoms with Crippen molar-refractivity contribution >= 4 is 5.97 Å². The minimum atomic E-state index is -0.805. The first-order valence-corrected chi connectivity index (χ1v) is 5.64. The van der Waals surface area contributed by atoms with Gasteiger partial charge in [0.05, 0.1) is 11.7 Å². The van der Waals surface area contributed by atoms with Gasteiger partial charge in [0.15, 0.2) is 0 Å².